The molecule has 60 valence electrons. The van der Waals surface area contributed by atoms with Crippen molar-refractivity contribution in [3.63, 3.8) is 0 Å². The van der Waals surface area contributed by atoms with Gasteiger partial charge in [0.05, 0.1) is 0 Å². The predicted octanol–water partition coefficient (Wildman–Crippen LogP) is 1.28. The summed E-state index contributed by atoms with van der Waals surface area (Å²) in [5.41, 5.74) is 6.31. The Hall–Kier alpha value is -0.960. The van der Waals surface area contributed by atoms with Crippen molar-refractivity contribution in [2.24, 2.45) is 5.73 Å². The number of pyridine rings is 1. The fourth-order valence-corrected chi connectivity index (χ4v) is 0.860. The maximum Gasteiger partial charge on any atom is 0.213 e. The van der Waals surface area contributed by atoms with Crippen LogP contribution >= 0.6 is 0 Å². The number of aromatic nitrogens is 1. The highest BCUT2D eigenvalue weighted by atomic mass is 19.1. The van der Waals surface area contributed by atoms with E-state index in [0.717, 1.165) is 5.56 Å². The summed E-state index contributed by atoms with van der Waals surface area (Å²) in [6.45, 7) is 2.48. The maximum absolute atomic E-state index is 12.5. The van der Waals surface area contributed by atoms with E-state index in [4.69, 9.17) is 5.73 Å². The van der Waals surface area contributed by atoms with Gasteiger partial charge in [-0.1, -0.05) is 6.92 Å². The van der Waals surface area contributed by atoms with Crippen LogP contribution in [0.3, 0.4) is 0 Å². The molecule has 0 saturated heterocycles. The van der Waals surface area contributed by atoms with Gasteiger partial charge in [0.2, 0.25) is 5.95 Å². The van der Waals surface area contributed by atoms with Crippen LogP contribution < -0.4 is 5.73 Å². The number of rotatable bonds is 2. The van der Waals surface area contributed by atoms with Crippen molar-refractivity contribution < 1.29 is 4.39 Å². The van der Waals surface area contributed by atoms with E-state index in [0.29, 0.717) is 6.54 Å². The van der Waals surface area contributed by atoms with Crippen LogP contribution in [0, 0.1) is 5.95 Å². The van der Waals surface area contributed by atoms with Crippen LogP contribution in [0.1, 0.15) is 18.4 Å². The Bertz CT molecular complexity index is 237. The molecular formula is C8H11FN2. The molecule has 0 spiro atoms. The van der Waals surface area contributed by atoms with Gasteiger partial charge in [-0.15, -0.1) is 0 Å². The van der Waals surface area contributed by atoms with Gasteiger partial charge in [-0.25, -0.2) is 4.98 Å². The first-order valence-electron chi connectivity index (χ1n) is 3.55. The van der Waals surface area contributed by atoms with Crippen molar-refractivity contribution in [3.8, 4) is 0 Å². The minimum absolute atomic E-state index is 0.201. The molecule has 1 heterocycles. The van der Waals surface area contributed by atoms with Crippen LogP contribution in [0.2, 0.25) is 0 Å². The normalized spacial score (nSPS) is 13.0. The van der Waals surface area contributed by atoms with Crippen LogP contribution in [0.4, 0.5) is 4.39 Å². The van der Waals surface area contributed by atoms with Crippen molar-refractivity contribution in [3.05, 3.63) is 29.8 Å². The fraction of sp³-hybridized carbons (Fsp3) is 0.375. The first-order valence-corrected chi connectivity index (χ1v) is 3.55. The third-order valence-electron chi connectivity index (χ3n) is 1.67. The van der Waals surface area contributed by atoms with Gasteiger partial charge in [-0.3, -0.25) is 0 Å². The largest absolute Gasteiger partial charge is 0.330 e. The number of hydrogen-bond acceptors (Lipinski definition) is 2. The first-order chi connectivity index (χ1) is 5.24. The second kappa shape index (κ2) is 3.44. The van der Waals surface area contributed by atoms with Crippen LogP contribution in [-0.4, -0.2) is 11.5 Å². The third kappa shape index (κ3) is 1.98. The van der Waals surface area contributed by atoms with Gasteiger partial charge >= 0.3 is 0 Å². The highest BCUT2D eigenvalue weighted by molar-refractivity contribution is 5.15. The van der Waals surface area contributed by atoms with E-state index in [2.05, 4.69) is 4.98 Å². The van der Waals surface area contributed by atoms with Crippen molar-refractivity contribution in [1.29, 1.82) is 0 Å². The lowest BCUT2D eigenvalue weighted by Crippen LogP contribution is -2.09. The number of hydrogen-bond donors (Lipinski definition) is 1. The Labute approximate surface area is 65.3 Å². The standard InChI is InChI=1S/C8H11FN2/c1-6(5-10)7-2-3-11-8(9)4-7/h2-4,6H,5,10H2,1H3/t6-/m0/s1. The lowest BCUT2D eigenvalue weighted by atomic mass is 10.0. The van der Waals surface area contributed by atoms with Crippen LogP contribution in [-0.2, 0) is 0 Å². The van der Waals surface area contributed by atoms with Crippen molar-refractivity contribution in [1.82, 2.24) is 4.98 Å². The van der Waals surface area contributed by atoms with Gasteiger partial charge in [0.25, 0.3) is 0 Å². The molecule has 0 radical (unpaired) electrons. The lowest BCUT2D eigenvalue weighted by Gasteiger charge is -2.06. The van der Waals surface area contributed by atoms with E-state index in [1.54, 1.807) is 6.07 Å². The number of nitrogens with two attached hydrogens (primary N) is 1. The molecule has 2 N–H and O–H groups in total. The van der Waals surface area contributed by atoms with Gasteiger partial charge in [-0.05, 0) is 30.2 Å². The quantitative estimate of drug-likeness (QED) is 0.652. The lowest BCUT2D eigenvalue weighted by molar-refractivity contribution is 0.578. The second-order valence-corrected chi connectivity index (χ2v) is 2.55. The van der Waals surface area contributed by atoms with E-state index >= 15 is 0 Å². The molecular weight excluding hydrogens is 143 g/mol. The van der Waals surface area contributed by atoms with Gasteiger partial charge in [0, 0.05) is 6.20 Å². The molecule has 0 aromatic carbocycles. The molecule has 0 unspecified atom stereocenters. The van der Waals surface area contributed by atoms with Gasteiger partial charge in [0.1, 0.15) is 0 Å². The molecule has 0 aliphatic carbocycles. The highest BCUT2D eigenvalue weighted by Crippen LogP contribution is 2.12. The van der Waals surface area contributed by atoms with E-state index in [-0.39, 0.29) is 5.92 Å². The zero-order chi connectivity index (χ0) is 8.27. The van der Waals surface area contributed by atoms with Crippen molar-refractivity contribution >= 4 is 0 Å². The monoisotopic (exact) mass is 154 g/mol. The first kappa shape index (κ1) is 8.14. The zero-order valence-electron chi connectivity index (χ0n) is 6.42. The molecule has 1 atom stereocenters. The summed E-state index contributed by atoms with van der Waals surface area (Å²) < 4.78 is 12.5. The summed E-state index contributed by atoms with van der Waals surface area (Å²) in [7, 11) is 0. The molecule has 0 bridgehead atoms. The summed E-state index contributed by atoms with van der Waals surface area (Å²) in [5.74, 6) is -0.240. The summed E-state index contributed by atoms with van der Waals surface area (Å²) in [6, 6.07) is 3.19. The summed E-state index contributed by atoms with van der Waals surface area (Å²) in [6.07, 6.45) is 1.46. The Kier molecular flexibility index (Phi) is 2.54. The molecule has 0 amide bonds. The fourth-order valence-electron chi connectivity index (χ4n) is 0.860. The minimum Gasteiger partial charge on any atom is -0.330 e. The van der Waals surface area contributed by atoms with Crippen LogP contribution in [0.25, 0.3) is 0 Å². The highest BCUT2D eigenvalue weighted by Gasteiger charge is 2.03. The Morgan fingerprint density at radius 1 is 1.73 bits per heavy atom. The molecule has 1 aromatic heterocycles. The van der Waals surface area contributed by atoms with Crippen molar-refractivity contribution in [2.45, 2.75) is 12.8 Å². The minimum atomic E-state index is -0.442. The molecule has 2 nitrogen and oxygen atoms in total. The zero-order valence-corrected chi connectivity index (χ0v) is 6.42. The van der Waals surface area contributed by atoms with Crippen LogP contribution in [0.15, 0.2) is 18.3 Å². The molecule has 11 heavy (non-hydrogen) atoms. The molecule has 1 rings (SSSR count). The summed E-state index contributed by atoms with van der Waals surface area (Å²) >= 11 is 0. The van der Waals surface area contributed by atoms with Gasteiger partial charge < -0.3 is 5.73 Å². The Morgan fingerprint density at radius 2 is 2.45 bits per heavy atom. The molecule has 0 aliphatic rings. The Balaban J connectivity index is 2.86. The maximum atomic E-state index is 12.5. The summed E-state index contributed by atoms with van der Waals surface area (Å²) in [5, 5.41) is 0. The van der Waals surface area contributed by atoms with E-state index < -0.39 is 5.95 Å². The van der Waals surface area contributed by atoms with E-state index in [1.807, 2.05) is 6.92 Å². The van der Waals surface area contributed by atoms with Crippen LogP contribution in [0.5, 0.6) is 0 Å². The molecule has 3 heteroatoms. The van der Waals surface area contributed by atoms with E-state index in [9.17, 15) is 4.39 Å². The SMILES string of the molecule is C[C@@H](CN)c1ccnc(F)c1. The third-order valence-corrected chi connectivity index (χ3v) is 1.67. The Morgan fingerprint density at radius 3 is 3.00 bits per heavy atom. The topological polar surface area (TPSA) is 38.9 Å². The molecule has 0 aliphatic heterocycles. The van der Waals surface area contributed by atoms with Crippen molar-refractivity contribution in [2.75, 3.05) is 6.54 Å². The molecule has 0 saturated carbocycles. The molecule has 0 fully saturated rings. The van der Waals surface area contributed by atoms with Gasteiger partial charge in [-0.2, -0.15) is 4.39 Å². The number of nitrogens with zero attached hydrogens (tertiary/aromatic N) is 1. The molecule has 1 aromatic rings. The van der Waals surface area contributed by atoms with Gasteiger partial charge in [0.15, 0.2) is 0 Å². The second-order valence-electron chi connectivity index (χ2n) is 2.55. The smallest absolute Gasteiger partial charge is 0.213 e. The van der Waals surface area contributed by atoms with E-state index in [1.165, 1.54) is 12.3 Å². The average molecular weight is 154 g/mol. The average Bonchev–Trinajstić information content (AvgIpc) is 2.03. The predicted molar refractivity (Wildman–Crippen MR) is 41.7 cm³/mol. The number of halogens is 1. The summed E-state index contributed by atoms with van der Waals surface area (Å²) in [4.78, 5) is 3.45.